The monoisotopic (exact) mass is 503 g/mol. The molecule has 1 aliphatic heterocycles. The minimum Gasteiger partial charge on any atom is -0.493 e. The Bertz CT molecular complexity index is 1080. The predicted octanol–water partition coefficient (Wildman–Crippen LogP) is 6.20. The number of carbonyl (C=O) groups excluding carboxylic acids is 1. The number of amides is 1. The van der Waals surface area contributed by atoms with Crippen molar-refractivity contribution in [3.8, 4) is 17.2 Å². The van der Waals surface area contributed by atoms with E-state index in [1.165, 1.54) is 27.8 Å². The number of carbonyl (C=O) groups is 1. The van der Waals surface area contributed by atoms with Crippen LogP contribution in [0.4, 0.5) is 0 Å². The van der Waals surface area contributed by atoms with E-state index in [1.54, 1.807) is 31.4 Å². The molecule has 1 saturated heterocycles. The highest BCUT2D eigenvalue weighted by atomic mass is 35.5. The zero-order chi connectivity index (χ0) is 24.0. The largest absolute Gasteiger partial charge is 0.493 e. The van der Waals surface area contributed by atoms with Gasteiger partial charge in [0, 0.05) is 13.0 Å². The maximum atomic E-state index is 12.6. The quantitative estimate of drug-likeness (QED) is 0.166. The van der Waals surface area contributed by atoms with Gasteiger partial charge in [-0.1, -0.05) is 47.7 Å². The Hall–Kier alpha value is -2.48. The molecule has 0 atom stereocenters. The summed E-state index contributed by atoms with van der Waals surface area (Å²) in [6.45, 7) is 9.08. The number of hydrogen-bond donors (Lipinski definition) is 0. The van der Waals surface area contributed by atoms with Crippen molar-refractivity contribution in [2.24, 2.45) is 0 Å². The zero-order valence-corrected chi connectivity index (χ0v) is 21.2. The normalized spacial score (nSPS) is 14.7. The minimum atomic E-state index is -0.149. The summed E-state index contributed by atoms with van der Waals surface area (Å²) in [6.07, 6.45) is 4.07. The van der Waals surface area contributed by atoms with E-state index < -0.39 is 0 Å². The van der Waals surface area contributed by atoms with Gasteiger partial charge in [0.2, 0.25) is 0 Å². The number of methoxy groups -OCH3 is 1. The highest BCUT2D eigenvalue weighted by molar-refractivity contribution is 8.26. The number of ether oxygens (including phenoxy) is 3. The first kappa shape index (κ1) is 25.1. The van der Waals surface area contributed by atoms with Crippen LogP contribution < -0.4 is 14.2 Å². The van der Waals surface area contributed by atoms with Crippen LogP contribution >= 0.6 is 35.6 Å². The van der Waals surface area contributed by atoms with Crippen LogP contribution in [0, 0.1) is 13.8 Å². The molecular weight excluding hydrogens is 478 g/mol. The van der Waals surface area contributed by atoms with Crippen LogP contribution in [-0.4, -0.2) is 42.0 Å². The molecular formula is C25H26ClNO4S2. The molecule has 0 aromatic heterocycles. The summed E-state index contributed by atoms with van der Waals surface area (Å²) in [6, 6.07) is 9.66. The summed E-state index contributed by atoms with van der Waals surface area (Å²) in [7, 11) is 1.55. The molecule has 2 aromatic carbocycles. The van der Waals surface area contributed by atoms with Crippen LogP contribution in [-0.2, 0) is 4.79 Å². The van der Waals surface area contributed by atoms with E-state index in [2.05, 4.69) is 12.6 Å². The van der Waals surface area contributed by atoms with Crippen LogP contribution in [0.25, 0.3) is 6.08 Å². The second-order valence-electron chi connectivity index (χ2n) is 7.49. The van der Waals surface area contributed by atoms with Crippen LogP contribution in [0.1, 0.15) is 23.1 Å². The Kier molecular flexibility index (Phi) is 8.83. The van der Waals surface area contributed by atoms with Gasteiger partial charge >= 0.3 is 0 Å². The number of hydrogen-bond acceptors (Lipinski definition) is 6. The van der Waals surface area contributed by atoms with Crippen molar-refractivity contribution < 1.29 is 19.0 Å². The Morgan fingerprint density at radius 3 is 2.48 bits per heavy atom. The molecule has 3 rings (SSSR count). The average Bonchev–Trinajstić information content (AvgIpc) is 3.01. The molecule has 0 saturated carbocycles. The number of thioether (sulfide) groups is 1. The van der Waals surface area contributed by atoms with Crippen LogP contribution in [0.5, 0.6) is 17.2 Å². The van der Waals surface area contributed by atoms with Crippen molar-refractivity contribution in [2.45, 2.75) is 20.3 Å². The summed E-state index contributed by atoms with van der Waals surface area (Å²) >= 11 is 13.0. The van der Waals surface area contributed by atoms with E-state index in [1.807, 2.05) is 26.0 Å². The summed E-state index contributed by atoms with van der Waals surface area (Å²) in [4.78, 5) is 14.6. The van der Waals surface area contributed by atoms with E-state index in [0.717, 1.165) is 11.3 Å². The van der Waals surface area contributed by atoms with Crippen molar-refractivity contribution in [3.05, 3.63) is 69.6 Å². The maximum Gasteiger partial charge on any atom is 0.266 e. The summed E-state index contributed by atoms with van der Waals surface area (Å²) in [5, 5.41) is 0.400. The molecule has 1 fully saturated rings. The lowest BCUT2D eigenvalue weighted by atomic mass is 10.1. The van der Waals surface area contributed by atoms with Crippen molar-refractivity contribution in [3.63, 3.8) is 0 Å². The molecule has 0 spiro atoms. The van der Waals surface area contributed by atoms with Crippen molar-refractivity contribution >= 4 is 51.9 Å². The number of rotatable bonds is 10. The molecule has 1 amide bonds. The summed E-state index contributed by atoms with van der Waals surface area (Å²) < 4.78 is 17.7. The van der Waals surface area contributed by atoms with Crippen molar-refractivity contribution in [1.29, 1.82) is 0 Å². The smallest absolute Gasteiger partial charge is 0.266 e. The van der Waals surface area contributed by atoms with Crippen LogP contribution in [0.2, 0.25) is 5.02 Å². The van der Waals surface area contributed by atoms with Gasteiger partial charge in [-0.15, -0.1) is 6.58 Å². The van der Waals surface area contributed by atoms with Crippen LogP contribution in [0.3, 0.4) is 0 Å². The molecule has 0 bridgehead atoms. The molecule has 0 aliphatic carbocycles. The Morgan fingerprint density at radius 2 is 1.82 bits per heavy atom. The van der Waals surface area contributed by atoms with Gasteiger partial charge < -0.3 is 14.2 Å². The van der Waals surface area contributed by atoms with Gasteiger partial charge in [0.25, 0.3) is 5.91 Å². The molecule has 8 heteroatoms. The second-order valence-corrected chi connectivity index (χ2v) is 9.57. The van der Waals surface area contributed by atoms with Gasteiger partial charge in [0.1, 0.15) is 10.1 Å². The molecule has 2 aromatic rings. The van der Waals surface area contributed by atoms with E-state index in [4.69, 9.17) is 38.0 Å². The highest BCUT2D eigenvalue weighted by Gasteiger charge is 2.31. The van der Waals surface area contributed by atoms with Crippen LogP contribution in [0.15, 0.2) is 47.9 Å². The fourth-order valence-electron chi connectivity index (χ4n) is 3.34. The Labute approximate surface area is 209 Å². The first-order valence-corrected chi connectivity index (χ1v) is 12.0. The number of thiocarbonyl (C=S) groups is 1. The van der Waals surface area contributed by atoms with E-state index in [9.17, 15) is 4.79 Å². The molecule has 1 heterocycles. The topological polar surface area (TPSA) is 48.0 Å². The minimum absolute atomic E-state index is 0.149. The van der Waals surface area contributed by atoms with Crippen molar-refractivity contribution in [2.75, 3.05) is 26.9 Å². The number of benzene rings is 2. The predicted molar refractivity (Wildman–Crippen MR) is 140 cm³/mol. The zero-order valence-electron chi connectivity index (χ0n) is 18.9. The number of nitrogens with zero attached hydrogens (tertiary/aromatic N) is 1. The number of halogens is 1. The average molecular weight is 504 g/mol. The van der Waals surface area contributed by atoms with Gasteiger partial charge in [0.05, 0.1) is 30.3 Å². The molecule has 5 nitrogen and oxygen atoms in total. The van der Waals surface area contributed by atoms with E-state index in [-0.39, 0.29) is 5.91 Å². The maximum absolute atomic E-state index is 12.6. The first-order valence-electron chi connectivity index (χ1n) is 10.4. The summed E-state index contributed by atoms with van der Waals surface area (Å²) in [5.74, 6) is 1.66. The van der Waals surface area contributed by atoms with Gasteiger partial charge in [0.15, 0.2) is 11.5 Å². The third-order valence-electron chi connectivity index (χ3n) is 4.73. The van der Waals surface area contributed by atoms with Crippen molar-refractivity contribution in [1.82, 2.24) is 4.90 Å². The first-order chi connectivity index (χ1) is 15.8. The third-order valence-corrected chi connectivity index (χ3v) is 6.39. The molecule has 0 unspecified atom stereocenters. The molecule has 174 valence electrons. The molecule has 1 aliphatic rings. The van der Waals surface area contributed by atoms with Gasteiger partial charge in [-0.05, 0) is 60.9 Å². The standard InChI is InChI=1S/C25H26ClNO4S2/c1-5-7-27-24(28)22(33-25(27)32)15-18-13-20(26)23(21(14-18)29-4)31-9-6-8-30-19-11-16(2)10-17(3)12-19/h5,10-15H,1,6-9H2,2-4H3/b22-15+. The van der Waals surface area contributed by atoms with Gasteiger partial charge in [-0.2, -0.15) is 0 Å². The Balaban J connectivity index is 1.63. The molecule has 0 radical (unpaired) electrons. The van der Waals surface area contributed by atoms with Gasteiger partial charge in [-0.3, -0.25) is 9.69 Å². The SMILES string of the molecule is C=CCN1C(=O)/C(=C\c2cc(Cl)c(OCCCOc3cc(C)cc(C)c3)c(OC)c2)SC1=S. The third kappa shape index (κ3) is 6.53. The lowest BCUT2D eigenvalue weighted by Gasteiger charge is -2.14. The lowest BCUT2D eigenvalue weighted by Crippen LogP contribution is -2.27. The fraction of sp³-hybridized carbons (Fsp3) is 0.280. The summed E-state index contributed by atoms with van der Waals surface area (Å²) in [5.41, 5.74) is 3.06. The van der Waals surface area contributed by atoms with E-state index in [0.29, 0.717) is 51.9 Å². The molecule has 33 heavy (non-hydrogen) atoms. The molecule has 0 N–H and O–H groups in total. The van der Waals surface area contributed by atoms with E-state index >= 15 is 0 Å². The number of aryl methyl sites for hydroxylation is 2. The highest BCUT2D eigenvalue weighted by Crippen LogP contribution is 2.39. The fourth-order valence-corrected chi connectivity index (χ4v) is 4.89. The second kappa shape index (κ2) is 11.6. The lowest BCUT2D eigenvalue weighted by molar-refractivity contribution is -0.121. The Morgan fingerprint density at radius 1 is 1.12 bits per heavy atom. The van der Waals surface area contributed by atoms with Gasteiger partial charge in [-0.25, -0.2) is 0 Å².